The summed E-state index contributed by atoms with van der Waals surface area (Å²) in [6.45, 7) is 0. The van der Waals surface area contributed by atoms with Crippen molar-refractivity contribution in [3.05, 3.63) is 91.0 Å². The van der Waals surface area contributed by atoms with E-state index in [4.69, 9.17) is 0 Å². The molecule has 0 aliphatic heterocycles. The lowest BCUT2D eigenvalue weighted by Gasteiger charge is -2.16. The van der Waals surface area contributed by atoms with Crippen LogP contribution in [0, 0.1) is 0 Å². The molecule has 1 heterocycles. The molecule has 6 aromatic rings. The lowest BCUT2D eigenvalue weighted by molar-refractivity contribution is 0.687. The molecule has 1 atom stereocenters. The Morgan fingerprint density at radius 2 is 1.25 bits per heavy atom. The van der Waals surface area contributed by atoms with Crippen LogP contribution in [0.15, 0.2) is 95.9 Å². The third-order valence-corrected chi connectivity index (χ3v) is 7.72. The van der Waals surface area contributed by atoms with E-state index in [1.807, 2.05) is 18.2 Å². The zero-order chi connectivity index (χ0) is 21.4. The molecule has 1 unspecified atom stereocenters. The summed E-state index contributed by atoms with van der Waals surface area (Å²) in [7, 11) is -1.08. The molecule has 0 saturated heterocycles. The summed E-state index contributed by atoms with van der Waals surface area (Å²) in [5, 5.41) is 5.07. The summed E-state index contributed by atoms with van der Waals surface area (Å²) in [6.07, 6.45) is 1.76. The van der Waals surface area contributed by atoms with Gasteiger partial charge in [0, 0.05) is 38.5 Å². The quantitative estimate of drug-likeness (QED) is 0.303. The summed E-state index contributed by atoms with van der Waals surface area (Å²) >= 11 is 0. The second-order valence-electron chi connectivity index (χ2n) is 8.42. The molecule has 1 aliphatic rings. The molecule has 5 aromatic carbocycles. The first-order chi connectivity index (χ1) is 15.7. The molecule has 32 heavy (non-hydrogen) atoms. The lowest BCUT2D eigenvalue weighted by atomic mass is 9.88. The van der Waals surface area contributed by atoms with Crippen LogP contribution >= 0.6 is 0 Å². The largest absolute Gasteiger partial charge is 0.354 e. The van der Waals surface area contributed by atoms with Gasteiger partial charge in [-0.05, 0) is 56.8 Å². The van der Waals surface area contributed by atoms with Crippen LogP contribution in [0.25, 0.3) is 66.0 Å². The van der Waals surface area contributed by atoms with Crippen LogP contribution in [0.5, 0.6) is 0 Å². The summed E-state index contributed by atoms with van der Waals surface area (Å²) in [6, 6.07) is 32.1. The standard InChI is InChI=1S/C29H19NOS/c1-32(31)25-12-5-4-9-19(25)22-14-16-24-29-27(22)21-10-3-2-8-18(21)20-11-6-7-17-13-15-23(30-24)28(29)26(17)20/h2-16,30H,1H3. The number of fused-ring (bicyclic) bond motifs is 3. The Balaban J connectivity index is 1.78. The van der Waals surface area contributed by atoms with Crippen molar-refractivity contribution in [3.63, 3.8) is 0 Å². The maximum atomic E-state index is 12.6. The first-order valence-electron chi connectivity index (χ1n) is 10.7. The van der Waals surface area contributed by atoms with Crippen LogP contribution in [-0.2, 0) is 10.8 Å². The number of hydrogen-bond acceptors (Lipinski definition) is 1. The lowest BCUT2D eigenvalue weighted by Crippen LogP contribution is -1.95. The van der Waals surface area contributed by atoms with Crippen molar-refractivity contribution >= 4 is 43.4 Å². The SMILES string of the molecule is CS(=O)c1ccccc1-c1ccc2[nH]c3ccc4cccc5c4c3c2c1-c1ccccc1-5. The molecule has 1 N–H and O–H groups in total. The molecule has 152 valence electrons. The minimum Gasteiger partial charge on any atom is -0.354 e. The number of aromatic nitrogens is 1. The van der Waals surface area contributed by atoms with Gasteiger partial charge in [0.05, 0.1) is 10.8 Å². The minimum absolute atomic E-state index is 0.868. The van der Waals surface area contributed by atoms with Crippen LogP contribution in [0.3, 0.4) is 0 Å². The van der Waals surface area contributed by atoms with Crippen LogP contribution in [0.4, 0.5) is 0 Å². The van der Waals surface area contributed by atoms with Crippen molar-refractivity contribution < 1.29 is 4.21 Å². The number of benzene rings is 5. The molecule has 3 heteroatoms. The Morgan fingerprint density at radius 3 is 2.09 bits per heavy atom. The maximum Gasteiger partial charge on any atom is 0.0504 e. The van der Waals surface area contributed by atoms with Crippen molar-refractivity contribution in [1.82, 2.24) is 4.98 Å². The van der Waals surface area contributed by atoms with E-state index in [2.05, 4.69) is 77.8 Å². The van der Waals surface area contributed by atoms with Crippen molar-refractivity contribution in [2.75, 3.05) is 6.26 Å². The highest BCUT2D eigenvalue weighted by Crippen LogP contribution is 2.51. The molecule has 0 spiro atoms. The zero-order valence-electron chi connectivity index (χ0n) is 17.5. The monoisotopic (exact) mass is 429 g/mol. The zero-order valence-corrected chi connectivity index (χ0v) is 18.3. The molecule has 0 bridgehead atoms. The van der Waals surface area contributed by atoms with Crippen LogP contribution in [-0.4, -0.2) is 15.4 Å². The van der Waals surface area contributed by atoms with Crippen LogP contribution in [0.2, 0.25) is 0 Å². The molecule has 0 saturated carbocycles. The number of aromatic amines is 1. The van der Waals surface area contributed by atoms with E-state index in [9.17, 15) is 4.21 Å². The molecule has 7 rings (SSSR count). The van der Waals surface area contributed by atoms with Gasteiger partial charge in [0.25, 0.3) is 0 Å². The second-order valence-corrected chi connectivity index (χ2v) is 9.77. The molecule has 1 aliphatic carbocycles. The summed E-state index contributed by atoms with van der Waals surface area (Å²) in [5.74, 6) is 0. The van der Waals surface area contributed by atoms with Gasteiger partial charge in [-0.2, -0.15) is 0 Å². The molecule has 0 fully saturated rings. The van der Waals surface area contributed by atoms with Gasteiger partial charge in [-0.3, -0.25) is 4.21 Å². The summed E-state index contributed by atoms with van der Waals surface area (Å²) < 4.78 is 12.6. The Morgan fingerprint density at radius 1 is 0.562 bits per heavy atom. The molecular formula is C29H19NOS. The van der Waals surface area contributed by atoms with Crippen molar-refractivity contribution in [2.45, 2.75) is 4.90 Å². The van der Waals surface area contributed by atoms with Gasteiger partial charge in [-0.25, -0.2) is 0 Å². The van der Waals surface area contributed by atoms with Gasteiger partial charge in [0.2, 0.25) is 0 Å². The highest BCUT2D eigenvalue weighted by atomic mass is 32.2. The van der Waals surface area contributed by atoms with E-state index in [1.165, 1.54) is 43.8 Å². The number of hydrogen-bond donors (Lipinski definition) is 1. The fourth-order valence-electron chi connectivity index (χ4n) is 5.46. The van der Waals surface area contributed by atoms with Gasteiger partial charge in [0.1, 0.15) is 0 Å². The molecule has 2 nitrogen and oxygen atoms in total. The van der Waals surface area contributed by atoms with Crippen molar-refractivity contribution in [3.8, 4) is 33.4 Å². The molecule has 0 radical (unpaired) electrons. The number of nitrogens with one attached hydrogen (secondary N) is 1. The summed E-state index contributed by atoms with van der Waals surface area (Å²) in [4.78, 5) is 4.53. The Labute approximate surface area is 188 Å². The molecule has 0 amide bonds. The third-order valence-electron chi connectivity index (χ3n) is 6.74. The first-order valence-corrected chi connectivity index (χ1v) is 12.3. The van der Waals surface area contributed by atoms with Gasteiger partial charge >= 0.3 is 0 Å². The predicted molar refractivity (Wildman–Crippen MR) is 136 cm³/mol. The molecular weight excluding hydrogens is 410 g/mol. The van der Waals surface area contributed by atoms with Gasteiger partial charge in [0.15, 0.2) is 0 Å². The average molecular weight is 430 g/mol. The Kier molecular flexibility index (Phi) is 3.59. The normalized spacial score (nSPS) is 13.2. The third kappa shape index (κ3) is 2.26. The predicted octanol–water partition coefficient (Wildman–Crippen LogP) is 7.53. The fourth-order valence-corrected chi connectivity index (χ4v) is 6.22. The van der Waals surface area contributed by atoms with Gasteiger partial charge < -0.3 is 4.98 Å². The summed E-state index contributed by atoms with van der Waals surface area (Å²) in [5.41, 5.74) is 9.38. The minimum atomic E-state index is -1.08. The van der Waals surface area contributed by atoms with Gasteiger partial charge in [-0.1, -0.05) is 72.8 Å². The fraction of sp³-hybridized carbons (Fsp3) is 0.0345. The van der Waals surface area contributed by atoms with Crippen molar-refractivity contribution in [2.24, 2.45) is 0 Å². The molecule has 1 aromatic heterocycles. The van der Waals surface area contributed by atoms with E-state index < -0.39 is 10.8 Å². The first kappa shape index (κ1) is 17.9. The van der Waals surface area contributed by atoms with E-state index >= 15 is 0 Å². The Bertz CT molecular complexity index is 1760. The average Bonchev–Trinajstić information content (AvgIpc) is 3.15. The van der Waals surface area contributed by atoms with E-state index in [0.29, 0.717) is 0 Å². The van der Waals surface area contributed by atoms with E-state index in [0.717, 1.165) is 27.1 Å². The Hall–Kier alpha value is -3.69. The van der Waals surface area contributed by atoms with Crippen LogP contribution in [0.1, 0.15) is 0 Å². The smallest absolute Gasteiger partial charge is 0.0504 e. The van der Waals surface area contributed by atoms with Gasteiger partial charge in [-0.15, -0.1) is 0 Å². The second kappa shape index (κ2) is 6.41. The number of rotatable bonds is 2. The van der Waals surface area contributed by atoms with Crippen molar-refractivity contribution in [1.29, 1.82) is 0 Å². The maximum absolute atomic E-state index is 12.6. The van der Waals surface area contributed by atoms with Crippen LogP contribution < -0.4 is 0 Å². The topological polar surface area (TPSA) is 32.9 Å². The highest BCUT2D eigenvalue weighted by Gasteiger charge is 2.25. The van der Waals surface area contributed by atoms with E-state index in [1.54, 1.807) is 6.26 Å². The highest BCUT2D eigenvalue weighted by molar-refractivity contribution is 7.84. The number of H-pyrrole nitrogens is 1. The van der Waals surface area contributed by atoms with E-state index in [-0.39, 0.29) is 0 Å².